The van der Waals surface area contributed by atoms with Crippen LogP contribution in [-0.2, 0) is 4.79 Å². The number of aromatic nitrogens is 1. The molecule has 0 aromatic carbocycles. The summed E-state index contributed by atoms with van der Waals surface area (Å²) < 4.78 is 0. The summed E-state index contributed by atoms with van der Waals surface area (Å²) in [7, 11) is 0. The molecule has 0 N–H and O–H groups in total. The van der Waals surface area contributed by atoms with Crippen LogP contribution in [0.1, 0.15) is 17.2 Å². The first kappa shape index (κ1) is 9.11. The van der Waals surface area contributed by atoms with Gasteiger partial charge >= 0.3 is 0 Å². The second kappa shape index (κ2) is 4.15. The van der Waals surface area contributed by atoms with Crippen molar-refractivity contribution in [3.8, 4) is 6.07 Å². The summed E-state index contributed by atoms with van der Waals surface area (Å²) in [6.45, 7) is 1.83. The summed E-state index contributed by atoms with van der Waals surface area (Å²) in [5.74, 6) is 0. The topological polar surface area (TPSA) is 66.1 Å². The Balaban J connectivity index is 3.13. The van der Waals surface area contributed by atoms with E-state index >= 15 is 0 Å². The van der Waals surface area contributed by atoms with Crippen molar-refractivity contribution >= 4 is 6.08 Å². The van der Waals surface area contributed by atoms with Gasteiger partial charge in [0.1, 0.15) is 0 Å². The van der Waals surface area contributed by atoms with Crippen LogP contribution in [0.2, 0.25) is 0 Å². The minimum absolute atomic E-state index is 0.647. The van der Waals surface area contributed by atoms with E-state index in [1.54, 1.807) is 12.3 Å². The molecule has 4 heteroatoms. The van der Waals surface area contributed by atoms with E-state index in [4.69, 9.17) is 5.26 Å². The van der Waals surface area contributed by atoms with Crippen LogP contribution in [0.5, 0.6) is 0 Å². The predicted molar refractivity (Wildman–Crippen MR) is 45.4 cm³/mol. The number of hydrogen-bond acceptors (Lipinski definition) is 4. The molecule has 0 radical (unpaired) electrons. The number of nitriles is 1. The summed E-state index contributed by atoms with van der Waals surface area (Å²) in [6.07, 6.45) is 4.52. The van der Waals surface area contributed by atoms with Gasteiger partial charge in [-0.3, -0.25) is 4.98 Å². The fraction of sp³-hybridized carbons (Fsp3) is 0.222. The van der Waals surface area contributed by atoms with Crippen molar-refractivity contribution in [3.63, 3.8) is 0 Å². The quantitative estimate of drug-likeness (QED) is 0.500. The van der Waals surface area contributed by atoms with Gasteiger partial charge in [0.2, 0.25) is 6.08 Å². The highest BCUT2D eigenvalue weighted by Gasteiger charge is 2.10. The molecule has 64 valence electrons. The van der Waals surface area contributed by atoms with Crippen LogP contribution in [0.3, 0.4) is 0 Å². The number of hydrogen-bond donors (Lipinski definition) is 0. The Hall–Kier alpha value is -1.98. The lowest BCUT2D eigenvalue weighted by Gasteiger charge is -2.03. The second-order valence-electron chi connectivity index (χ2n) is 2.48. The summed E-state index contributed by atoms with van der Waals surface area (Å²) >= 11 is 0. The lowest BCUT2D eigenvalue weighted by atomic mass is 10.1. The van der Waals surface area contributed by atoms with Crippen molar-refractivity contribution in [2.24, 2.45) is 4.99 Å². The van der Waals surface area contributed by atoms with E-state index in [0.717, 1.165) is 5.56 Å². The minimum Gasteiger partial charge on any atom is -0.264 e. The Kier molecular flexibility index (Phi) is 2.91. The maximum absolute atomic E-state index is 10.00. The van der Waals surface area contributed by atoms with Crippen molar-refractivity contribution in [2.45, 2.75) is 13.0 Å². The van der Waals surface area contributed by atoms with Gasteiger partial charge in [-0.1, -0.05) is 0 Å². The van der Waals surface area contributed by atoms with E-state index in [0.29, 0.717) is 5.56 Å². The van der Waals surface area contributed by atoms with Crippen LogP contribution in [0, 0.1) is 18.3 Å². The van der Waals surface area contributed by atoms with E-state index in [1.807, 2.05) is 13.0 Å². The van der Waals surface area contributed by atoms with Crippen molar-refractivity contribution < 1.29 is 4.79 Å². The number of isocyanates is 1. The third kappa shape index (κ3) is 1.98. The largest absolute Gasteiger partial charge is 0.264 e. The first-order valence-electron chi connectivity index (χ1n) is 3.66. The fourth-order valence-corrected chi connectivity index (χ4v) is 0.983. The van der Waals surface area contributed by atoms with Gasteiger partial charge in [-0.25, -0.2) is 4.79 Å². The van der Waals surface area contributed by atoms with E-state index < -0.39 is 6.04 Å². The first-order valence-corrected chi connectivity index (χ1v) is 3.66. The Morgan fingerprint density at radius 3 is 3.00 bits per heavy atom. The average Bonchev–Trinajstić information content (AvgIpc) is 2.16. The lowest BCUT2D eigenvalue weighted by Crippen LogP contribution is -1.95. The van der Waals surface area contributed by atoms with Crippen molar-refractivity contribution in [1.29, 1.82) is 5.26 Å². The van der Waals surface area contributed by atoms with Gasteiger partial charge in [-0.05, 0) is 18.6 Å². The standard InChI is InChI=1S/C9H7N3O/c1-7-2-3-11-5-8(7)9(4-10)12-6-13/h2-3,5,9H,1H3. The van der Waals surface area contributed by atoms with E-state index in [9.17, 15) is 4.79 Å². The van der Waals surface area contributed by atoms with Crippen molar-refractivity contribution in [1.82, 2.24) is 4.98 Å². The molecule has 13 heavy (non-hydrogen) atoms. The fourth-order valence-electron chi connectivity index (χ4n) is 0.983. The van der Waals surface area contributed by atoms with Gasteiger partial charge in [0.05, 0.1) is 6.07 Å². The normalized spacial score (nSPS) is 11.1. The summed E-state index contributed by atoms with van der Waals surface area (Å²) in [5.41, 5.74) is 1.54. The van der Waals surface area contributed by atoms with Gasteiger partial charge in [0.25, 0.3) is 0 Å². The Morgan fingerprint density at radius 2 is 2.46 bits per heavy atom. The van der Waals surface area contributed by atoms with E-state index in [2.05, 4.69) is 9.98 Å². The zero-order chi connectivity index (χ0) is 9.68. The highest BCUT2D eigenvalue weighted by atomic mass is 16.1. The Bertz CT molecular complexity index is 388. The van der Waals surface area contributed by atoms with Crippen LogP contribution >= 0.6 is 0 Å². The molecule has 1 rings (SSSR count). The van der Waals surface area contributed by atoms with Crippen LogP contribution in [-0.4, -0.2) is 11.1 Å². The number of aliphatic imine (C=N–C) groups is 1. The molecule has 1 atom stereocenters. The predicted octanol–water partition coefficient (Wildman–Crippen LogP) is 1.29. The third-order valence-electron chi connectivity index (χ3n) is 1.68. The van der Waals surface area contributed by atoms with Crippen LogP contribution < -0.4 is 0 Å². The molecule has 1 aromatic heterocycles. The highest BCUT2D eigenvalue weighted by molar-refractivity contribution is 5.38. The number of aryl methyl sites for hydroxylation is 1. The molecule has 1 aromatic rings. The molecule has 0 spiro atoms. The molecule has 0 bridgehead atoms. The summed E-state index contributed by atoms with van der Waals surface area (Å²) in [5, 5.41) is 8.68. The zero-order valence-electron chi connectivity index (χ0n) is 7.06. The maximum atomic E-state index is 10.00. The van der Waals surface area contributed by atoms with Gasteiger partial charge in [-0.2, -0.15) is 10.3 Å². The molecule has 0 aliphatic carbocycles. The maximum Gasteiger partial charge on any atom is 0.236 e. The molecule has 1 heterocycles. The lowest BCUT2D eigenvalue weighted by molar-refractivity contribution is 0.561. The highest BCUT2D eigenvalue weighted by Crippen LogP contribution is 2.18. The molecule has 0 aliphatic rings. The molecule has 0 amide bonds. The van der Waals surface area contributed by atoms with Crippen LogP contribution in [0.25, 0.3) is 0 Å². The first-order chi connectivity index (χ1) is 6.29. The van der Waals surface area contributed by atoms with Crippen LogP contribution in [0.15, 0.2) is 23.5 Å². The Labute approximate surface area is 75.6 Å². The monoisotopic (exact) mass is 173 g/mol. The van der Waals surface area contributed by atoms with Gasteiger partial charge in [0, 0.05) is 18.0 Å². The minimum atomic E-state index is -0.786. The number of rotatable bonds is 2. The summed E-state index contributed by atoms with van der Waals surface area (Å²) in [6, 6.07) is 2.87. The second-order valence-corrected chi connectivity index (χ2v) is 2.48. The molecule has 4 nitrogen and oxygen atoms in total. The number of pyridine rings is 1. The zero-order valence-corrected chi connectivity index (χ0v) is 7.06. The Morgan fingerprint density at radius 1 is 1.69 bits per heavy atom. The van der Waals surface area contributed by atoms with E-state index in [1.165, 1.54) is 12.3 Å². The van der Waals surface area contributed by atoms with E-state index in [-0.39, 0.29) is 0 Å². The molecular weight excluding hydrogens is 166 g/mol. The van der Waals surface area contributed by atoms with Gasteiger partial charge in [-0.15, -0.1) is 0 Å². The molecule has 1 unspecified atom stereocenters. The third-order valence-corrected chi connectivity index (χ3v) is 1.68. The number of carbonyl (C=O) groups excluding carboxylic acids is 1. The van der Waals surface area contributed by atoms with Gasteiger partial charge in [0.15, 0.2) is 6.04 Å². The molecule has 0 aliphatic heterocycles. The summed E-state index contributed by atoms with van der Waals surface area (Å²) in [4.78, 5) is 17.2. The molecule has 0 saturated carbocycles. The number of nitrogens with zero attached hydrogens (tertiary/aromatic N) is 3. The van der Waals surface area contributed by atoms with Gasteiger partial charge < -0.3 is 0 Å². The molecular formula is C9H7N3O. The van der Waals surface area contributed by atoms with Crippen molar-refractivity contribution in [2.75, 3.05) is 0 Å². The average molecular weight is 173 g/mol. The smallest absolute Gasteiger partial charge is 0.236 e. The molecule has 0 fully saturated rings. The van der Waals surface area contributed by atoms with Crippen LogP contribution in [0.4, 0.5) is 0 Å². The molecule has 0 saturated heterocycles. The SMILES string of the molecule is Cc1ccncc1C(C#N)N=C=O. The van der Waals surface area contributed by atoms with Crippen molar-refractivity contribution in [3.05, 3.63) is 29.6 Å².